The second-order valence-corrected chi connectivity index (χ2v) is 7.12. The number of non-ortho nitro benzene ring substituents is 1. The summed E-state index contributed by atoms with van der Waals surface area (Å²) in [7, 11) is 1.60. The first-order valence-corrected chi connectivity index (χ1v) is 10.1. The maximum absolute atomic E-state index is 12.8. The molecule has 9 heteroatoms. The summed E-state index contributed by atoms with van der Waals surface area (Å²) in [6.07, 6.45) is 1.17. The van der Waals surface area contributed by atoms with Crippen LogP contribution < -0.4 is 0 Å². The highest BCUT2D eigenvalue weighted by Gasteiger charge is 2.20. The summed E-state index contributed by atoms with van der Waals surface area (Å²) in [6, 6.07) is 15.1. The van der Waals surface area contributed by atoms with Gasteiger partial charge in [0, 0.05) is 49.3 Å². The molecular formula is C23H23N3O6. The van der Waals surface area contributed by atoms with Gasteiger partial charge < -0.3 is 14.2 Å². The summed E-state index contributed by atoms with van der Waals surface area (Å²) in [5.41, 5.74) is 1.37. The summed E-state index contributed by atoms with van der Waals surface area (Å²) >= 11 is 0. The number of hydrogen-bond acceptors (Lipinski definition) is 7. The predicted octanol–water partition coefficient (Wildman–Crippen LogP) is 4.13. The molecule has 32 heavy (non-hydrogen) atoms. The van der Waals surface area contributed by atoms with Crippen LogP contribution in [0.25, 0.3) is 11.3 Å². The minimum atomic E-state index is -0.715. The van der Waals surface area contributed by atoms with E-state index in [0.717, 1.165) is 23.4 Å². The molecule has 9 nitrogen and oxygen atoms in total. The highest BCUT2D eigenvalue weighted by molar-refractivity contribution is 5.98. The first-order valence-electron chi connectivity index (χ1n) is 10.1. The fourth-order valence-corrected chi connectivity index (χ4v) is 3.16. The van der Waals surface area contributed by atoms with Gasteiger partial charge in [-0.15, -0.1) is 0 Å². The highest BCUT2D eigenvalue weighted by Crippen LogP contribution is 2.21. The molecule has 0 bridgehead atoms. The Labute approximate surface area is 184 Å². The molecular weight excluding hydrogens is 414 g/mol. The molecule has 3 aromatic rings. The number of rotatable bonds is 9. The van der Waals surface area contributed by atoms with Crippen molar-refractivity contribution in [3.8, 4) is 11.3 Å². The SMILES string of the molecule is CCOC(=O)c1cc(C(=O)N(C)CCCc2cc(-c3ccccc3)no2)cc([N+](=O)[O-])c1. The van der Waals surface area contributed by atoms with Gasteiger partial charge in [-0.25, -0.2) is 4.79 Å². The van der Waals surface area contributed by atoms with Crippen LogP contribution in [0.1, 0.15) is 39.8 Å². The maximum atomic E-state index is 12.8. The standard InChI is InChI=1S/C23H23N3O6/c1-3-31-23(28)18-12-17(13-19(14-18)26(29)30)22(27)25(2)11-7-10-20-15-21(24-32-20)16-8-5-4-6-9-16/h4-6,8-9,12-15H,3,7,10-11H2,1-2H3. The Kier molecular flexibility index (Phi) is 7.33. The zero-order valence-corrected chi connectivity index (χ0v) is 17.8. The van der Waals surface area contributed by atoms with Crippen molar-refractivity contribution in [1.82, 2.24) is 10.1 Å². The summed E-state index contributed by atoms with van der Waals surface area (Å²) in [5.74, 6) is -0.445. The van der Waals surface area contributed by atoms with Crippen molar-refractivity contribution < 1.29 is 23.8 Å². The third-order valence-corrected chi connectivity index (χ3v) is 4.78. The van der Waals surface area contributed by atoms with Crippen molar-refractivity contribution in [3.63, 3.8) is 0 Å². The molecule has 0 saturated heterocycles. The minimum Gasteiger partial charge on any atom is -0.462 e. The van der Waals surface area contributed by atoms with Gasteiger partial charge in [0.2, 0.25) is 0 Å². The number of aryl methyl sites for hydroxylation is 1. The first-order chi connectivity index (χ1) is 15.4. The Morgan fingerprint density at radius 3 is 2.53 bits per heavy atom. The fraction of sp³-hybridized carbons (Fsp3) is 0.261. The Morgan fingerprint density at radius 1 is 1.12 bits per heavy atom. The molecule has 0 N–H and O–H groups in total. The molecule has 0 unspecified atom stereocenters. The molecule has 3 rings (SSSR count). The number of nitro benzene ring substituents is 1. The molecule has 0 aliphatic heterocycles. The van der Waals surface area contributed by atoms with Crippen LogP contribution in [-0.4, -0.2) is 47.1 Å². The van der Waals surface area contributed by atoms with Gasteiger partial charge in [-0.3, -0.25) is 14.9 Å². The largest absolute Gasteiger partial charge is 0.462 e. The predicted molar refractivity (Wildman–Crippen MR) is 116 cm³/mol. The Morgan fingerprint density at radius 2 is 1.84 bits per heavy atom. The lowest BCUT2D eigenvalue weighted by molar-refractivity contribution is -0.384. The van der Waals surface area contributed by atoms with Gasteiger partial charge in [0.1, 0.15) is 11.5 Å². The van der Waals surface area contributed by atoms with Crippen LogP contribution >= 0.6 is 0 Å². The topological polar surface area (TPSA) is 116 Å². The number of amides is 1. The summed E-state index contributed by atoms with van der Waals surface area (Å²) in [4.78, 5) is 36.8. The number of aromatic nitrogens is 1. The Bertz CT molecular complexity index is 1110. The number of carbonyl (C=O) groups excluding carboxylic acids is 2. The molecule has 0 radical (unpaired) electrons. The lowest BCUT2D eigenvalue weighted by atomic mass is 10.1. The van der Waals surface area contributed by atoms with Crippen molar-refractivity contribution in [2.24, 2.45) is 0 Å². The number of hydrogen-bond donors (Lipinski definition) is 0. The fourth-order valence-electron chi connectivity index (χ4n) is 3.16. The molecule has 166 valence electrons. The molecule has 1 amide bonds. The van der Waals surface area contributed by atoms with Gasteiger partial charge in [-0.1, -0.05) is 35.5 Å². The Hall–Kier alpha value is -4.01. The van der Waals surface area contributed by atoms with E-state index < -0.39 is 16.8 Å². The van der Waals surface area contributed by atoms with E-state index in [0.29, 0.717) is 25.1 Å². The summed E-state index contributed by atoms with van der Waals surface area (Å²) in [5, 5.41) is 15.3. The van der Waals surface area contributed by atoms with Crippen LogP contribution in [0, 0.1) is 10.1 Å². The molecule has 1 aromatic heterocycles. The zero-order valence-electron chi connectivity index (χ0n) is 17.8. The van der Waals surface area contributed by atoms with Crippen LogP contribution in [0.15, 0.2) is 59.1 Å². The van der Waals surface area contributed by atoms with Crippen molar-refractivity contribution in [2.45, 2.75) is 19.8 Å². The summed E-state index contributed by atoms with van der Waals surface area (Å²) < 4.78 is 10.3. The number of esters is 1. The van der Waals surface area contributed by atoms with E-state index in [1.807, 2.05) is 36.4 Å². The number of ether oxygens (including phenoxy) is 1. The van der Waals surface area contributed by atoms with E-state index in [1.165, 1.54) is 11.0 Å². The first kappa shape index (κ1) is 22.7. The van der Waals surface area contributed by atoms with Gasteiger partial charge >= 0.3 is 5.97 Å². The van der Waals surface area contributed by atoms with Gasteiger partial charge in [-0.2, -0.15) is 0 Å². The third kappa shape index (κ3) is 5.57. The van der Waals surface area contributed by atoms with E-state index in [4.69, 9.17) is 9.26 Å². The lowest BCUT2D eigenvalue weighted by Gasteiger charge is -2.17. The van der Waals surface area contributed by atoms with E-state index in [1.54, 1.807) is 14.0 Å². The second-order valence-electron chi connectivity index (χ2n) is 7.12. The van der Waals surface area contributed by atoms with Crippen LogP contribution in [0.2, 0.25) is 0 Å². The van der Waals surface area contributed by atoms with Crippen molar-refractivity contribution in [3.05, 3.63) is 81.6 Å². The second kappa shape index (κ2) is 10.3. The van der Waals surface area contributed by atoms with Crippen molar-refractivity contribution in [1.29, 1.82) is 0 Å². The number of nitro groups is 1. The number of nitrogens with zero attached hydrogens (tertiary/aromatic N) is 3. The molecule has 0 spiro atoms. The molecule has 0 atom stereocenters. The molecule has 0 saturated carbocycles. The third-order valence-electron chi connectivity index (χ3n) is 4.78. The van der Waals surface area contributed by atoms with Gasteiger partial charge in [-0.05, 0) is 19.4 Å². The highest BCUT2D eigenvalue weighted by atomic mass is 16.6. The summed E-state index contributed by atoms with van der Waals surface area (Å²) in [6.45, 7) is 2.14. The van der Waals surface area contributed by atoms with Crippen LogP contribution in [0.4, 0.5) is 5.69 Å². The van der Waals surface area contributed by atoms with Crippen molar-refractivity contribution in [2.75, 3.05) is 20.2 Å². The molecule has 0 aliphatic carbocycles. The molecule has 1 heterocycles. The molecule has 2 aromatic carbocycles. The number of benzene rings is 2. The normalized spacial score (nSPS) is 10.6. The zero-order chi connectivity index (χ0) is 23.1. The van der Waals surface area contributed by atoms with Gasteiger partial charge in [0.05, 0.1) is 17.1 Å². The van der Waals surface area contributed by atoms with Crippen molar-refractivity contribution >= 4 is 17.6 Å². The maximum Gasteiger partial charge on any atom is 0.338 e. The lowest BCUT2D eigenvalue weighted by Crippen LogP contribution is -2.28. The van der Waals surface area contributed by atoms with Crippen LogP contribution in [-0.2, 0) is 11.2 Å². The van der Waals surface area contributed by atoms with E-state index in [-0.39, 0.29) is 23.4 Å². The van der Waals surface area contributed by atoms with Gasteiger partial charge in [0.15, 0.2) is 0 Å². The quantitative estimate of drug-likeness (QED) is 0.281. The molecule has 0 fully saturated rings. The van der Waals surface area contributed by atoms with E-state index in [2.05, 4.69) is 5.16 Å². The smallest absolute Gasteiger partial charge is 0.338 e. The van der Waals surface area contributed by atoms with E-state index in [9.17, 15) is 19.7 Å². The minimum absolute atomic E-state index is 0.0344. The number of carbonyl (C=O) groups is 2. The average molecular weight is 437 g/mol. The monoisotopic (exact) mass is 437 g/mol. The molecule has 0 aliphatic rings. The van der Waals surface area contributed by atoms with E-state index >= 15 is 0 Å². The van der Waals surface area contributed by atoms with Crippen LogP contribution in [0.3, 0.4) is 0 Å². The Balaban J connectivity index is 1.64. The van der Waals surface area contributed by atoms with Gasteiger partial charge in [0.25, 0.3) is 11.6 Å². The average Bonchev–Trinajstić information content (AvgIpc) is 3.28. The van der Waals surface area contributed by atoms with Crippen LogP contribution in [0.5, 0.6) is 0 Å².